The molecule has 1 aromatic carbocycles. The van der Waals surface area contributed by atoms with Crippen molar-refractivity contribution in [1.82, 2.24) is 0 Å². The molecule has 4 nitrogen and oxygen atoms in total. The summed E-state index contributed by atoms with van der Waals surface area (Å²) in [5.41, 5.74) is 4.52. The van der Waals surface area contributed by atoms with Crippen LogP contribution >= 0.6 is 0 Å². The van der Waals surface area contributed by atoms with E-state index >= 15 is 0 Å². The van der Waals surface area contributed by atoms with E-state index in [9.17, 15) is 5.21 Å². The zero-order valence-corrected chi connectivity index (χ0v) is 12.0. The summed E-state index contributed by atoms with van der Waals surface area (Å²) >= 11 is 0. The third-order valence-corrected chi connectivity index (χ3v) is 4.87. The standard InChI is InChI=1S/C17H19NO3/c19-18-14-7-6-13(11-3-1-2-4-11)17(14)12-5-8-15-16(9-12)21-10-20-15/h5,8-9,11,19H,1-4,6-7,10H2/b18-14+. The van der Waals surface area contributed by atoms with Gasteiger partial charge in [0.1, 0.15) is 0 Å². The van der Waals surface area contributed by atoms with Gasteiger partial charge in [-0.25, -0.2) is 0 Å². The van der Waals surface area contributed by atoms with E-state index in [1.165, 1.54) is 31.3 Å². The molecule has 0 aromatic heterocycles. The number of rotatable bonds is 2. The van der Waals surface area contributed by atoms with Gasteiger partial charge >= 0.3 is 0 Å². The smallest absolute Gasteiger partial charge is 0.231 e. The molecule has 1 aliphatic heterocycles. The van der Waals surface area contributed by atoms with Gasteiger partial charge in [0.05, 0.1) is 5.71 Å². The summed E-state index contributed by atoms with van der Waals surface area (Å²) in [6.45, 7) is 0.286. The molecule has 4 rings (SSSR count). The minimum atomic E-state index is 0.286. The molecular formula is C17H19NO3. The van der Waals surface area contributed by atoms with Crippen LogP contribution in [0.5, 0.6) is 11.5 Å². The molecule has 0 spiro atoms. The lowest BCUT2D eigenvalue weighted by atomic mass is 9.91. The molecule has 1 N–H and O–H groups in total. The first-order chi connectivity index (χ1) is 10.4. The molecule has 4 heteroatoms. The first-order valence-electron chi connectivity index (χ1n) is 7.71. The normalized spacial score (nSPS) is 23.5. The fourth-order valence-corrected chi connectivity index (χ4v) is 3.87. The van der Waals surface area contributed by atoms with Gasteiger partial charge < -0.3 is 14.7 Å². The molecule has 0 unspecified atom stereocenters. The van der Waals surface area contributed by atoms with Crippen molar-refractivity contribution in [3.8, 4) is 11.5 Å². The molecule has 3 aliphatic rings. The molecule has 0 radical (unpaired) electrons. The first kappa shape index (κ1) is 12.7. The van der Waals surface area contributed by atoms with Crippen molar-refractivity contribution in [2.45, 2.75) is 38.5 Å². The summed E-state index contributed by atoms with van der Waals surface area (Å²) < 4.78 is 10.9. The van der Waals surface area contributed by atoms with E-state index in [1.807, 2.05) is 18.2 Å². The second-order valence-corrected chi connectivity index (χ2v) is 6.00. The summed E-state index contributed by atoms with van der Waals surface area (Å²) in [6, 6.07) is 6.02. The highest BCUT2D eigenvalue weighted by atomic mass is 16.7. The van der Waals surface area contributed by atoms with Crippen molar-refractivity contribution in [2.75, 3.05) is 6.79 Å². The number of allylic oxidation sites excluding steroid dienone is 2. The van der Waals surface area contributed by atoms with Gasteiger partial charge in [-0.2, -0.15) is 0 Å². The number of ether oxygens (including phenoxy) is 2. The molecule has 1 saturated carbocycles. The fourth-order valence-electron chi connectivity index (χ4n) is 3.87. The Kier molecular flexibility index (Phi) is 3.09. The van der Waals surface area contributed by atoms with Crippen LogP contribution in [0.2, 0.25) is 0 Å². The zero-order chi connectivity index (χ0) is 14.2. The third kappa shape index (κ3) is 2.09. The fraction of sp³-hybridized carbons (Fsp3) is 0.471. The zero-order valence-electron chi connectivity index (χ0n) is 12.0. The maximum absolute atomic E-state index is 9.35. The number of oxime groups is 1. The van der Waals surface area contributed by atoms with Crippen molar-refractivity contribution < 1.29 is 14.7 Å². The number of fused-ring (bicyclic) bond motifs is 1. The lowest BCUT2D eigenvalue weighted by molar-refractivity contribution is 0.174. The van der Waals surface area contributed by atoms with Gasteiger partial charge in [-0.15, -0.1) is 0 Å². The van der Waals surface area contributed by atoms with Crippen molar-refractivity contribution >= 4 is 11.3 Å². The summed E-state index contributed by atoms with van der Waals surface area (Å²) in [7, 11) is 0. The summed E-state index contributed by atoms with van der Waals surface area (Å²) in [4.78, 5) is 0. The van der Waals surface area contributed by atoms with Crippen molar-refractivity contribution in [3.63, 3.8) is 0 Å². The van der Waals surface area contributed by atoms with Crippen LogP contribution in [0.1, 0.15) is 44.1 Å². The minimum Gasteiger partial charge on any atom is -0.454 e. The highest BCUT2D eigenvalue weighted by molar-refractivity contribution is 6.26. The van der Waals surface area contributed by atoms with Gasteiger partial charge in [-0.05, 0) is 49.3 Å². The molecule has 0 bridgehead atoms. The van der Waals surface area contributed by atoms with E-state index in [0.29, 0.717) is 5.92 Å². The van der Waals surface area contributed by atoms with Gasteiger partial charge in [0.25, 0.3) is 0 Å². The van der Waals surface area contributed by atoms with Gasteiger partial charge in [-0.3, -0.25) is 0 Å². The predicted molar refractivity (Wildman–Crippen MR) is 79.9 cm³/mol. The molecule has 1 fully saturated rings. The van der Waals surface area contributed by atoms with Gasteiger partial charge in [0.15, 0.2) is 11.5 Å². The third-order valence-electron chi connectivity index (χ3n) is 4.87. The minimum absolute atomic E-state index is 0.286. The Balaban J connectivity index is 1.79. The first-order valence-corrected chi connectivity index (χ1v) is 7.71. The Morgan fingerprint density at radius 3 is 2.67 bits per heavy atom. The maximum Gasteiger partial charge on any atom is 0.231 e. The lowest BCUT2D eigenvalue weighted by Gasteiger charge is -2.14. The van der Waals surface area contributed by atoms with E-state index < -0.39 is 0 Å². The average molecular weight is 285 g/mol. The Morgan fingerprint density at radius 1 is 1.05 bits per heavy atom. The average Bonchev–Trinajstić information content (AvgIpc) is 3.24. The topological polar surface area (TPSA) is 51.1 Å². The Bertz CT molecular complexity index is 627. The lowest BCUT2D eigenvalue weighted by Crippen LogP contribution is -2.01. The maximum atomic E-state index is 9.35. The molecule has 2 aliphatic carbocycles. The second kappa shape index (κ2) is 5.10. The molecule has 1 heterocycles. The van der Waals surface area contributed by atoms with E-state index in [0.717, 1.165) is 41.2 Å². The molecule has 0 amide bonds. The van der Waals surface area contributed by atoms with E-state index in [1.54, 1.807) is 0 Å². The molecule has 0 atom stereocenters. The van der Waals surface area contributed by atoms with Crippen LogP contribution in [0.15, 0.2) is 28.9 Å². The van der Waals surface area contributed by atoms with Crippen molar-refractivity contribution in [2.24, 2.45) is 11.1 Å². The molecule has 1 aromatic rings. The van der Waals surface area contributed by atoms with Crippen molar-refractivity contribution in [1.29, 1.82) is 0 Å². The van der Waals surface area contributed by atoms with E-state index in [4.69, 9.17) is 9.47 Å². The molecular weight excluding hydrogens is 266 g/mol. The van der Waals surface area contributed by atoms with Crippen LogP contribution in [-0.2, 0) is 0 Å². The summed E-state index contributed by atoms with van der Waals surface area (Å²) in [6.07, 6.45) is 7.02. The quantitative estimate of drug-likeness (QED) is 0.660. The SMILES string of the molecule is O/N=C1\CCC(C2CCCC2)=C1c1ccc2c(c1)OCO2. The number of hydrogen-bond acceptors (Lipinski definition) is 4. The number of hydrogen-bond donors (Lipinski definition) is 1. The number of benzene rings is 1. The predicted octanol–water partition coefficient (Wildman–Crippen LogP) is 3.98. The monoisotopic (exact) mass is 285 g/mol. The Hall–Kier alpha value is -1.97. The largest absolute Gasteiger partial charge is 0.454 e. The van der Waals surface area contributed by atoms with E-state index in [2.05, 4.69) is 5.16 Å². The van der Waals surface area contributed by atoms with Crippen LogP contribution in [0, 0.1) is 5.92 Å². The molecule has 21 heavy (non-hydrogen) atoms. The molecule has 110 valence electrons. The highest BCUT2D eigenvalue weighted by Gasteiger charge is 2.30. The Morgan fingerprint density at radius 2 is 1.86 bits per heavy atom. The van der Waals surface area contributed by atoms with Crippen LogP contribution in [0.25, 0.3) is 5.57 Å². The van der Waals surface area contributed by atoms with Crippen LogP contribution in [-0.4, -0.2) is 17.7 Å². The van der Waals surface area contributed by atoms with Gasteiger partial charge in [0, 0.05) is 5.57 Å². The van der Waals surface area contributed by atoms with E-state index in [-0.39, 0.29) is 6.79 Å². The summed E-state index contributed by atoms with van der Waals surface area (Å²) in [5.74, 6) is 2.24. The van der Waals surface area contributed by atoms with Gasteiger partial charge in [0.2, 0.25) is 6.79 Å². The van der Waals surface area contributed by atoms with Gasteiger partial charge in [-0.1, -0.05) is 29.6 Å². The Labute approximate surface area is 124 Å². The van der Waals surface area contributed by atoms with Crippen molar-refractivity contribution in [3.05, 3.63) is 29.3 Å². The van der Waals surface area contributed by atoms with Crippen LogP contribution in [0.4, 0.5) is 0 Å². The highest BCUT2D eigenvalue weighted by Crippen LogP contribution is 2.44. The summed E-state index contributed by atoms with van der Waals surface area (Å²) in [5, 5.41) is 12.9. The van der Waals surface area contributed by atoms with Crippen LogP contribution < -0.4 is 9.47 Å². The van der Waals surface area contributed by atoms with Crippen LogP contribution in [0.3, 0.4) is 0 Å². The number of nitrogens with zero attached hydrogens (tertiary/aromatic N) is 1. The second-order valence-electron chi connectivity index (χ2n) is 6.00. The molecule has 0 saturated heterocycles.